The summed E-state index contributed by atoms with van der Waals surface area (Å²) < 4.78 is 0. The largest absolute Gasteiger partial charge is 0.508 e. The summed E-state index contributed by atoms with van der Waals surface area (Å²) in [5.74, 6) is 0.380. The Kier molecular flexibility index (Phi) is 5.39. The zero-order valence-electron chi connectivity index (χ0n) is 13.3. The molecule has 23 heavy (non-hydrogen) atoms. The van der Waals surface area contributed by atoms with Crippen molar-refractivity contribution in [1.82, 2.24) is 4.98 Å². The van der Waals surface area contributed by atoms with Crippen LogP contribution in [0.5, 0.6) is 11.6 Å². The van der Waals surface area contributed by atoms with Crippen LogP contribution < -0.4 is 5.32 Å². The fraction of sp³-hybridized carbons (Fsp3) is 0.500. The lowest BCUT2D eigenvalue weighted by Crippen LogP contribution is -2.20. The number of benzene rings is 1. The number of anilines is 1. The lowest BCUT2D eigenvalue weighted by Gasteiger charge is -2.20. The molecule has 3 N–H and O–H groups in total. The number of phenols is 1. The van der Waals surface area contributed by atoms with Crippen LogP contribution in [0.3, 0.4) is 0 Å². The van der Waals surface area contributed by atoms with Crippen LogP contribution in [0.15, 0.2) is 24.3 Å². The molecular formula is C18H24N2O2S. The highest BCUT2D eigenvalue weighted by atomic mass is 32.1. The predicted octanol–water partition coefficient (Wildman–Crippen LogP) is 4.67. The van der Waals surface area contributed by atoms with E-state index in [0.717, 1.165) is 15.6 Å². The molecule has 0 aliphatic heterocycles. The SMILES string of the molecule is Oc1ccc(Cc2sc(NC3CCCCCCC3)nc2O)cc1. The molecule has 1 aromatic heterocycles. The van der Waals surface area contributed by atoms with Gasteiger partial charge in [0, 0.05) is 12.5 Å². The predicted molar refractivity (Wildman–Crippen MR) is 94.4 cm³/mol. The zero-order valence-corrected chi connectivity index (χ0v) is 14.1. The summed E-state index contributed by atoms with van der Waals surface area (Å²) in [6.45, 7) is 0. The van der Waals surface area contributed by atoms with Gasteiger partial charge < -0.3 is 15.5 Å². The maximum absolute atomic E-state index is 10.1. The van der Waals surface area contributed by atoms with Crippen molar-refractivity contribution in [2.24, 2.45) is 0 Å². The van der Waals surface area contributed by atoms with Crippen molar-refractivity contribution in [2.45, 2.75) is 57.4 Å². The summed E-state index contributed by atoms with van der Waals surface area (Å²) in [7, 11) is 0. The van der Waals surface area contributed by atoms with Crippen molar-refractivity contribution in [2.75, 3.05) is 5.32 Å². The molecule has 0 radical (unpaired) electrons. The number of phenolic OH excluding ortho intramolecular Hbond substituents is 1. The Hall–Kier alpha value is -1.75. The minimum absolute atomic E-state index is 0.122. The van der Waals surface area contributed by atoms with Crippen molar-refractivity contribution < 1.29 is 10.2 Å². The second kappa shape index (κ2) is 7.68. The van der Waals surface area contributed by atoms with Gasteiger partial charge >= 0.3 is 0 Å². The smallest absolute Gasteiger partial charge is 0.227 e. The van der Waals surface area contributed by atoms with Gasteiger partial charge in [0.1, 0.15) is 5.75 Å². The molecule has 1 heterocycles. The van der Waals surface area contributed by atoms with Crippen molar-refractivity contribution in [3.63, 3.8) is 0 Å². The molecule has 1 aromatic carbocycles. The van der Waals surface area contributed by atoms with Crippen LogP contribution in [0.4, 0.5) is 5.13 Å². The van der Waals surface area contributed by atoms with Crippen LogP contribution in [0.1, 0.15) is 55.4 Å². The van der Waals surface area contributed by atoms with Gasteiger partial charge in [-0.2, -0.15) is 4.98 Å². The van der Waals surface area contributed by atoms with Crippen LogP contribution in [0.2, 0.25) is 0 Å². The van der Waals surface area contributed by atoms with Crippen LogP contribution in [0, 0.1) is 0 Å². The van der Waals surface area contributed by atoms with Crippen molar-refractivity contribution >= 4 is 16.5 Å². The van der Waals surface area contributed by atoms with Gasteiger partial charge in [-0.05, 0) is 30.5 Å². The standard InChI is InChI=1S/C18H24N2O2S/c21-15-10-8-13(9-11-15)12-16-17(22)20-18(23-16)19-14-6-4-2-1-3-5-7-14/h8-11,14,21-22H,1-7,12H2,(H,19,20). The van der Waals surface area contributed by atoms with E-state index in [-0.39, 0.29) is 11.6 Å². The summed E-state index contributed by atoms with van der Waals surface area (Å²) in [5, 5.41) is 23.8. The number of hydrogen-bond donors (Lipinski definition) is 3. The fourth-order valence-corrected chi connectivity index (χ4v) is 4.06. The molecule has 4 nitrogen and oxygen atoms in total. The molecule has 1 fully saturated rings. The van der Waals surface area contributed by atoms with Crippen molar-refractivity contribution in [1.29, 1.82) is 0 Å². The molecule has 0 saturated heterocycles. The average Bonchev–Trinajstić information content (AvgIpc) is 2.84. The number of hydrogen-bond acceptors (Lipinski definition) is 5. The van der Waals surface area contributed by atoms with Crippen molar-refractivity contribution in [3.8, 4) is 11.6 Å². The van der Waals surface area contributed by atoms with Gasteiger partial charge in [0.05, 0.1) is 4.88 Å². The van der Waals surface area contributed by atoms with Gasteiger partial charge in [-0.15, -0.1) is 0 Å². The van der Waals surface area contributed by atoms with E-state index in [1.165, 1.54) is 56.3 Å². The molecule has 0 atom stereocenters. The molecular weight excluding hydrogens is 308 g/mol. The highest BCUT2D eigenvalue weighted by molar-refractivity contribution is 7.15. The van der Waals surface area contributed by atoms with Gasteiger partial charge in [0.15, 0.2) is 5.13 Å². The van der Waals surface area contributed by atoms with Crippen LogP contribution in [-0.4, -0.2) is 21.2 Å². The van der Waals surface area contributed by atoms with Crippen molar-refractivity contribution in [3.05, 3.63) is 34.7 Å². The van der Waals surface area contributed by atoms with Crippen LogP contribution in [-0.2, 0) is 6.42 Å². The van der Waals surface area contributed by atoms with E-state index in [9.17, 15) is 10.2 Å². The van der Waals surface area contributed by atoms with E-state index in [1.807, 2.05) is 12.1 Å². The van der Waals surface area contributed by atoms with E-state index < -0.39 is 0 Å². The second-order valence-electron chi connectivity index (χ2n) is 6.30. The Morgan fingerprint density at radius 2 is 1.65 bits per heavy atom. The number of thiazole rings is 1. The van der Waals surface area contributed by atoms with E-state index in [1.54, 1.807) is 12.1 Å². The zero-order chi connectivity index (χ0) is 16.1. The van der Waals surface area contributed by atoms with Crippen LogP contribution in [0.25, 0.3) is 0 Å². The Balaban J connectivity index is 1.64. The number of aromatic nitrogens is 1. The maximum atomic E-state index is 10.1. The molecule has 1 aliphatic carbocycles. The van der Waals surface area contributed by atoms with E-state index >= 15 is 0 Å². The Morgan fingerprint density at radius 3 is 2.35 bits per heavy atom. The minimum atomic E-state index is 0.122. The van der Waals surface area contributed by atoms with Gasteiger partial charge in [-0.1, -0.05) is 55.6 Å². The summed E-state index contributed by atoms with van der Waals surface area (Å²) in [5.41, 5.74) is 1.05. The molecule has 0 amide bonds. The fourth-order valence-electron chi connectivity index (χ4n) is 3.09. The normalized spacial score (nSPS) is 16.7. The molecule has 124 valence electrons. The maximum Gasteiger partial charge on any atom is 0.227 e. The van der Waals surface area contributed by atoms with Crippen LogP contribution >= 0.6 is 11.3 Å². The monoisotopic (exact) mass is 332 g/mol. The summed E-state index contributed by atoms with van der Waals surface area (Å²) in [6, 6.07) is 7.55. The third-order valence-corrected chi connectivity index (χ3v) is 5.39. The molecule has 1 saturated carbocycles. The first kappa shape index (κ1) is 16.1. The average molecular weight is 332 g/mol. The number of nitrogens with zero attached hydrogens (tertiary/aromatic N) is 1. The molecule has 1 aliphatic rings. The highest BCUT2D eigenvalue weighted by Crippen LogP contribution is 2.32. The van der Waals surface area contributed by atoms with Gasteiger partial charge in [0.2, 0.25) is 5.88 Å². The lowest BCUT2D eigenvalue weighted by molar-refractivity contribution is 0.450. The molecule has 2 aromatic rings. The van der Waals surface area contributed by atoms with E-state index in [4.69, 9.17) is 0 Å². The Labute approximate surface area is 141 Å². The number of rotatable bonds is 4. The summed E-state index contributed by atoms with van der Waals surface area (Å²) in [6.07, 6.45) is 9.57. The molecule has 3 rings (SSSR count). The molecule has 0 unspecified atom stereocenters. The molecule has 0 spiro atoms. The summed E-state index contributed by atoms with van der Waals surface area (Å²) >= 11 is 1.53. The highest BCUT2D eigenvalue weighted by Gasteiger charge is 2.16. The number of nitrogens with one attached hydrogen (secondary N) is 1. The summed E-state index contributed by atoms with van der Waals surface area (Å²) in [4.78, 5) is 5.15. The quantitative estimate of drug-likeness (QED) is 0.761. The first-order valence-electron chi connectivity index (χ1n) is 8.44. The van der Waals surface area contributed by atoms with Gasteiger partial charge in [-0.25, -0.2) is 0 Å². The first-order valence-corrected chi connectivity index (χ1v) is 9.25. The Morgan fingerprint density at radius 1 is 1.00 bits per heavy atom. The van der Waals surface area contributed by atoms with E-state index in [0.29, 0.717) is 12.5 Å². The van der Waals surface area contributed by atoms with Gasteiger partial charge in [0.25, 0.3) is 0 Å². The topological polar surface area (TPSA) is 65.4 Å². The molecule has 0 bridgehead atoms. The minimum Gasteiger partial charge on any atom is -0.508 e. The Bertz CT molecular complexity index is 616. The van der Waals surface area contributed by atoms with Gasteiger partial charge in [-0.3, -0.25) is 0 Å². The lowest BCUT2D eigenvalue weighted by atomic mass is 9.97. The third kappa shape index (κ3) is 4.61. The first-order chi connectivity index (χ1) is 11.2. The molecule has 5 heteroatoms. The third-order valence-electron chi connectivity index (χ3n) is 4.41. The second-order valence-corrected chi connectivity index (χ2v) is 7.38. The van der Waals surface area contributed by atoms with E-state index in [2.05, 4.69) is 10.3 Å². The number of aromatic hydroxyl groups is 2.